The quantitative estimate of drug-likeness (QED) is 0.435. The smallest absolute Gasteiger partial charge is 0.138 e. The van der Waals surface area contributed by atoms with Gasteiger partial charge in [-0.15, -0.1) is 11.8 Å². The molecule has 30 heavy (non-hydrogen) atoms. The summed E-state index contributed by atoms with van der Waals surface area (Å²) in [6, 6.07) is 20.8. The first-order chi connectivity index (χ1) is 14.9. The number of thioether (sulfide) groups is 1. The van der Waals surface area contributed by atoms with Crippen LogP contribution >= 0.6 is 11.8 Å². The van der Waals surface area contributed by atoms with E-state index >= 15 is 0 Å². The molecule has 0 spiro atoms. The normalized spacial score (nSPS) is 13.0. The fourth-order valence-electron chi connectivity index (χ4n) is 3.72. The lowest BCUT2D eigenvalue weighted by Crippen LogP contribution is -2.27. The van der Waals surface area contributed by atoms with Crippen LogP contribution in [0.15, 0.2) is 96.5 Å². The molecule has 5 rings (SSSR count). The van der Waals surface area contributed by atoms with E-state index in [-0.39, 0.29) is 0 Å². The van der Waals surface area contributed by atoms with Gasteiger partial charge in [0.2, 0.25) is 0 Å². The summed E-state index contributed by atoms with van der Waals surface area (Å²) in [6.45, 7) is 1.61. The van der Waals surface area contributed by atoms with Crippen molar-refractivity contribution in [2.24, 2.45) is 0 Å². The third kappa shape index (κ3) is 3.74. The second kappa shape index (κ2) is 8.55. The highest BCUT2D eigenvalue weighted by molar-refractivity contribution is 7.99. The Kier molecular flexibility index (Phi) is 5.31. The number of hydrogen-bond donors (Lipinski definition) is 0. The largest absolute Gasteiger partial charge is 0.334 e. The van der Waals surface area contributed by atoms with Gasteiger partial charge < -0.3 is 9.80 Å². The number of pyridine rings is 3. The van der Waals surface area contributed by atoms with E-state index in [0.717, 1.165) is 35.1 Å². The lowest BCUT2D eigenvalue weighted by molar-refractivity contribution is 0.908. The van der Waals surface area contributed by atoms with Gasteiger partial charge in [0.15, 0.2) is 0 Å². The number of para-hydroxylation sites is 1. The van der Waals surface area contributed by atoms with Gasteiger partial charge in [0.05, 0.1) is 36.0 Å². The zero-order valence-corrected chi connectivity index (χ0v) is 17.2. The van der Waals surface area contributed by atoms with E-state index in [2.05, 4.69) is 62.2 Å². The molecule has 0 saturated heterocycles. The zero-order chi connectivity index (χ0) is 20.2. The Morgan fingerprint density at radius 2 is 1.57 bits per heavy atom. The minimum atomic E-state index is 0.673. The third-order valence-corrected chi connectivity index (χ3v) is 6.14. The first-order valence-electron chi connectivity index (χ1n) is 9.91. The first kappa shape index (κ1) is 18.6. The molecule has 0 amide bonds. The fraction of sp³-hybridized carbons (Fsp3) is 0.125. The van der Waals surface area contributed by atoms with Crippen molar-refractivity contribution < 1.29 is 0 Å². The maximum absolute atomic E-state index is 4.80. The lowest BCUT2D eigenvalue weighted by atomic mass is 10.1. The van der Waals surface area contributed by atoms with Crippen LogP contribution in [0.5, 0.6) is 0 Å². The molecule has 0 unspecified atom stereocenters. The van der Waals surface area contributed by atoms with Gasteiger partial charge in [0.25, 0.3) is 0 Å². The van der Waals surface area contributed by atoms with Gasteiger partial charge in [0.1, 0.15) is 5.82 Å². The van der Waals surface area contributed by atoms with Crippen molar-refractivity contribution in [1.82, 2.24) is 15.0 Å². The number of hydrogen-bond acceptors (Lipinski definition) is 6. The molecule has 0 radical (unpaired) electrons. The van der Waals surface area contributed by atoms with E-state index in [9.17, 15) is 0 Å². The van der Waals surface area contributed by atoms with Crippen molar-refractivity contribution in [1.29, 1.82) is 0 Å². The standard InChI is InChI=1S/C24H21N5S/c1-2-10-23-22(9-1)28(14-15-30-23)24-19(6-3-13-27-24)18-29(20-7-4-11-25-16-20)21-8-5-12-26-17-21/h1-13,16-17H,14-15,18H2. The number of benzene rings is 1. The number of fused-ring (bicyclic) bond motifs is 1. The monoisotopic (exact) mass is 411 g/mol. The SMILES string of the molecule is c1cncc(N(Cc2cccnc2N2CCSc3ccccc32)c2cccnc2)c1. The van der Waals surface area contributed by atoms with E-state index in [4.69, 9.17) is 4.98 Å². The molecule has 0 aliphatic carbocycles. The van der Waals surface area contributed by atoms with Crippen LogP contribution in [0.3, 0.4) is 0 Å². The van der Waals surface area contributed by atoms with Gasteiger partial charge in [-0.05, 0) is 42.5 Å². The van der Waals surface area contributed by atoms with Gasteiger partial charge in [0, 0.05) is 41.3 Å². The van der Waals surface area contributed by atoms with E-state index < -0.39 is 0 Å². The topological polar surface area (TPSA) is 45.2 Å². The van der Waals surface area contributed by atoms with Crippen molar-refractivity contribution in [3.8, 4) is 0 Å². The maximum atomic E-state index is 4.80. The fourth-order valence-corrected chi connectivity index (χ4v) is 4.71. The van der Waals surface area contributed by atoms with Crippen molar-refractivity contribution in [3.05, 3.63) is 97.2 Å². The third-order valence-electron chi connectivity index (χ3n) is 5.10. The van der Waals surface area contributed by atoms with Crippen LogP contribution in [0.25, 0.3) is 0 Å². The van der Waals surface area contributed by atoms with Gasteiger partial charge in [-0.25, -0.2) is 4.98 Å². The Morgan fingerprint density at radius 1 is 0.833 bits per heavy atom. The minimum absolute atomic E-state index is 0.673. The first-order valence-corrected chi connectivity index (χ1v) is 10.9. The molecule has 0 saturated carbocycles. The molecule has 1 aliphatic heterocycles. The molecule has 148 valence electrons. The Morgan fingerprint density at radius 3 is 2.30 bits per heavy atom. The molecule has 4 heterocycles. The van der Waals surface area contributed by atoms with Crippen molar-refractivity contribution in [2.45, 2.75) is 11.4 Å². The highest BCUT2D eigenvalue weighted by Crippen LogP contribution is 2.39. The molecule has 1 aliphatic rings. The Bertz CT molecular complexity index is 1080. The zero-order valence-electron chi connectivity index (χ0n) is 16.4. The summed E-state index contributed by atoms with van der Waals surface area (Å²) in [5.41, 5.74) is 4.43. The lowest BCUT2D eigenvalue weighted by Gasteiger charge is -2.32. The molecule has 3 aromatic heterocycles. The predicted octanol–water partition coefficient (Wildman–Crippen LogP) is 5.45. The highest BCUT2D eigenvalue weighted by atomic mass is 32.2. The van der Waals surface area contributed by atoms with E-state index in [0.29, 0.717) is 6.54 Å². The molecule has 0 N–H and O–H groups in total. The molecule has 0 fully saturated rings. The second-order valence-corrected chi connectivity index (χ2v) is 8.10. The summed E-state index contributed by atoms with van der Waals surface area (Å²) in [7, 11) is 0. The molecule has 6 heteroatoms. The summed E-state index contributed by atoms with van der Waals surface area (Å²) < 4.78 is 0. The van der Waals surface area contributed by atoms with Crippen molar-refractivity contribution >= 4 is 34.6 Å². The number of nitrogens with zero attached hydrogens (tertiary/aromatic N) is 5. The maximum Gasteiger partial charge on any atom is 0.138 e. The molecular weight excluding hydrogens is 390 g/mol. The van der Waals surface area contributed by atoms with Crippen LogP contribution in [0.4, 0.5) is 22.9 Å². The Labute approximate surface area is 180 Å². The average Bonchev–Trinajstić information content (AvgIpc) is 2.83. The van der Waals surface area contributed by atoms with Crippen molar-refractivity contribution in [3.63, 3.8) is 0 Å². The highest BCUT2D eigenvalue weighted by Gasteiger charge is 2.23. The molecule has 0 atom stereocenters. The van der Waals surface area contributed by atoms with Crippen molar-refractivity contribution in [2.75, 3.05) is 22.1 Å². The molecule has 5 nitrogen and oxygen atoms in total. The molecule has 1 aromatic carbocycles. The van der Waals surface area contributed by atoms with Crippen LogP contribution in [0, 0.1) is 0 Å². The Hall–Kier alpha value is -3.38. The Balaban J connectivity index is 1.55. The minimum Gasteiger partial charge on any atom is -0.334 e. The van der Waals surface area contributed by atoms with Crippen LogP contribution in [-0.2, 0) is 6.54 Å². The summed E-state index contributed by atoms with van der Waals surface area (Å²) in [5, 5.41) is 0. The summed E-state index contributed by atoms with van der Waals surface area (Å²) >= 11 is 1.90. The molecule has 4 aromatic rings. The van der Waals surface area contributed by atoms with Gasteiger partial charge in [-0.2, -0.15) is 0 Å². The average molecular weight is 412 g/mol. The van der Waals surface area contributed by atoms with E-state index in [1.165, 1.54) is 10.6 Å². The van der Waals surface area contributed by atoms with E-state index in [1.807, 2.05) is 48.6 Å². The molecular formula is C24H21N5S. The van der Waals surface area contributed by atoms with Crippen LogP contribution in [0.1, 0.15) is 5.56 Å². The van der Waals surface area contributed by atoms with Gasteiger partial charge in [-0.3, -0.25) is 9.97 Å². The number of rotatable bonds is 5. The van der Waals surface area contributed by atoms with Crippen LogP contribution < -0.4 is 9.80 Å². The summed E-state index contributed by atoms with van der Waals surface area (Å²) in [5.74, 6) is 2.05. The summed E-state index contributed by atoms with van der Waals surface area (Å²) in [6.07, 6.45) is 9.24. The number of aromatic nitrogens is 3. The van der Waals surface area contributed by atoms with E-state index in [1.54, 1.807) is 12.4 Å². The van der Waals surface area contributed by atoms with Gasteiger partial charge >= 0.3 is 0 Å². The summed E-state index contributed by atoms with van der Waals surface area (Å²) in [4.78, 5) is 19.3. The number of anilines is 4. The second-order valence-electron chi connectivity index (χ2n) is 6.96. The van der Waals surface area contributed by atoms with Crippen LogP contribution in [0.2, 0.25) is 0 Å². The predicted molar refractivity (Wildman–Crippen MR) is 123 cm³/mol. The van der Waals surface area contributed by atoms with Gasteiger partial charge in [-0.1, -0.05) is 18.2 Å². The van der Waals surface area contributed by atoms with Crippen LogP contribution in [-0.4, -0.2) is 27.2 Å². The molecule has 0 bridgehead atoms.